The summed E-state index contributed by atoms with van der Waals surface area (Å²) < 4.78 is 0. The summed E-state index contributed by atoms with van der Waals surface area (Å²) in [7, 11) is 0. The highest BCUT2D eigenvalue weighted by atomic mass is 15.2. The van der Waals surface area contributed by atoms with Crippen molar-refractivity contribution in [2.75, 3.05) is 13.1 Å². The number of benzene rings is 1. The van der Waals surface area contributed by atoms with Gasteiger partial charge in [-0.25, -0.2) is 0 Å². The molecule has 1 fully saturated rings. The molecule has 1 atom stereocenters. The molecule has 2 nitrogen and oxygen atoms in total. The maximum atomic E-state index is 5.65. The lowest BCUT2D eigenvalue weighted by atomic mass is 9.99. The molecular formula is C17H28N2. The van der Waals surface area contributed by atoms with Gasteiger partial charge in [-0.1, -0.05) is 17.7 Å². The molecule has 1 heterocycles. The highest BCUT2D eigenvalue weighted by Crippen LogP contribution is 2.26. The second-order valence-corrected chi connectivity index (χ2v) is 6.07. The maximum Gasteiger partial charge on any atom is 0.0241 e. The van der Waals surface area contributed by atoms with Gasteiger partial charge in [0.05, 0.1) is 0 Å². The summed E-state index contributed by atoms with van der Waals surface area (Å²) in [6.45, 7) is 9.88. The van der Waals surface area contributed by atoms with Crippen molar-refractivity contribution in [3.05, 3.63) is 34.4 Å². The van der Waals surface area contributed by atoms with E-state index in [1.165, 1.54) is 48.1 Å². The molecule has 0 bridgehead atoms. The first-order valence-corrected chi connectivity index (χ1v) is 7.62. The number of hydrogen-bond donors (Lipinski definition) is 1. The molecule has 2 rings (SSSR count). The third kappa shape index (κ3) is 3.58. The van der Waals surface area contributed by atoms with Crippen LogP contribution < -0.4 is 5.73 Å². The van der Waals surface area contributed by atoms with Crippen molar-refractivity contribution in [1.82, 2.24) is 4.90 Å². The van der Waals surface area contributed by atoms with Crippen molar-refractivity contribution in [3.63, 3.8) is 0 Å². The van der Waals surface area contributed by atoms with Crippen molar-refractivity contribution in [1.29, 1.82) is 0 Å². The first-order valence-electron chi connectivity index (χ1n) is 7.62. The minimum absolute atomic E-state index is 0.753. The predicted molar refractivity (Wildman–Crippen MR) is 82.4 cm³/mol. The first-order chi connectivity index (χ1) is 9.11. The van der Waals surface area contributed by atoms with E-state index in [0.717, 1.165) is 25.6 Å². The van der Waals surface area contributed by atoms with E-state index >= 15 is 0 Å². The van der Waals surface area contributed by atoms with Crippen LogP contribution in [0.25, 0.3) is 0 Å². The van der Waals surface area contributed by atoms with Gasteiger partial charge >= 0.3 is 0 Å². The molecule has 106 valence electrons. The molecule has 0 saturated carbocycles. The van der Waals surface area contributed by atoms with Crippen molar-refractivity contribution in [3.8, 4) is 0 Å². The predicted octanol–water partition coefficient (Wildman–Crippen LogP) is 3.32. The number of nitrogens with two attached hydrogens (primary N) is 1. The van der Waals surface area contributed by atoms with Crippen LogP contribution in [0.4, 0.5) is 0 Å². The minimum Gasteiger partial charge on any atom is -0.330 e. The molecule has 2 heteroatoms. The lowest BCUT2D eigenvalue weighted by Crippen LogP contribution is -2.30. The Hall–Kier alpha value is -0.860. The molecule has 1 aromatic rings. The van der Waals surface area contributed by atoms with Gasteiger partial charge in [-0.05, 0) is 76.2 Å². The van der Waals surface area contributed by atoms with Gasteiger partial charge in [0.25, 0.3) is 0 Å². The molecule has 0 spiro atoms. The summed E-state index contributed by atoms with van der Waals surface area (Å²) >= 11 is 0. The van der Waals surface area contributed by atoms with E-state index in [-0.39, 0.29) is 0 Å². The molecule has 0 amide bonds. The fourth-order valence-electron chi connectivity index (χ4n) is 3.45. The Kier molecular flexibility index (Phi) is 5.00. The van der Waals surface area contributed by atoms with Crippen LogP contribution in [0, 0.1) is 20.8 Å². The number of nitrogens with zero attached hydrogens (tertiary/aromatic N) is 1. The Morgan fingerprint density at radius 2 is 1.89 bits per heavy atom. The second-order valence-electron chi connectivity index (χ2n) is 6.07. The Morgan fingerprint density at radius 3 is 2.53 bits per heavy atom. The summed E-state index contributed by atoms with van der Waals surface area (Å²) in [4.78, 5) is 2.67. The van der Waals surface area contributed by atoms with E-state index in [1.807, 2.05) is 0 Å². The zero-order valence-electron chi connectivity index (χ0n) is 12.7. The minimum atomic E-state index is 0.753. The van der Waals surface area contributed by atoms with Crippen LogP contribution in [0.5, 0.6) is 0 Å². The van der Waals surface area contributed by atoms with E-state index < -0.39 is 0 Å². The van der Waals surface area contributed by atoms with Crippen LogP contribution in [0.1, 0.15) is 47.9 Å². The van der Waals surface area contributed by atoms with E-state index in [2.05, 4.69) is 37.8 Å². The molecule has 1 aliphatic heterocycles. The Balaban J connectivity index is 2.08. The van der Waals surface area contributed by atoms with E-state index in [4.69, 9.17) is 5.73 Å². The Labute approximate surface area is 118 Å². The summed E-state index contributed by atoms with van der Waals surface area (Å²) in [6.07, 6.45) is 5.12. The van der Waals surface area contributed by atoms with Gasteiger partial charge in [-0.2, -0.15) is 0 Å². The average molecular weight is 260 g/mol. The van der Waals surface area contributed by atoms with Gasteiger partial charge in [0, 0.05) is 12.6 Å². The summed E-state index contributed by atoms with van der Waals surface area (Å²) in [6, 6.07) is 5.38. The zero-order chi connectivity index (χ0) is 13.8. The maximum absolute atomic E-state index is 5.65. The van der Waals surface area contributed by atoms with E-state index in [0.29, 0.717) is 0 Å². The number of rotatable bonds is 5. The number of hydrogen-bond acceptors (Lipinski definition) is 2. The summed E-state index contributed by atoms with van der Waals surface area (Å²) in [5.74, 6) is 0. The second kappa shape index (κ2) is 6.53. The normalized spacial score (nSPS) is 20.1. The summed E-state index contributed by atoms with van der Waals surface area (Å²) in [5, 5.41) is 0. The molecule has 1 aliphatic rings. The highest BCUT2D eigenvalue weighted by Gasteiger charge is 2.24. The third-order valence-electron chi connectivity index (χ3n) is 4.44. The van der Waals surface area contributed by atoms with E-state index in [1.54, 1.807) is 0 Å². The monoisotopic (exact) mass is 260 g/mol. The summed E-state index contributed by atoms with van der Waals surface area (Å²) in [5.41, 5.74) is 11.5. The molecule has 0 aromatic heterocycles. The average Bonchev–Trinajstić information content (AvgIpc) is 2.78. The van der Waals surface area contributed by atoms with Crippen molar-refractivity contribution >= 4 is 0 Å². The zero-order valence-corrected chi connectivity index (χ0v) is 12.7. The van der Waals surface area contributed by atoms with Crippen LogP contribution in [0.3, 0.4) is 0 Å². The van der Waals surface area contributed by atoms with E-state index in [9.17, 15) is 0 Å². The van der Waals surface area contributed by atoms with Crippen molar-refractivity contribution in [2.45, 2.75) is 59.0 Å². The SMILES string of the molecule is Cc1cc(C)c(CN2CCCC2CCCN)c(C)c1. The molecular weight excluding hydrogens is 232 g/mol. The van der Waals surface area contributed by atoms with Crippen LogP contribution in [-0.2, 0) is 6.54 Å². The molecule has 2 N–H and O–H groups in total. The standard InChI is InChI=1S/C17H28N2/c1-13-10-14(2)17(15(3)11-13)12-19-9-5-7-16(19)6-4-8-18/h10-11,16H,4-9,12,18H2,1-3H3. The van der Waals surface area contributed by atoms with Crippen LogP contribution in [0.15, 0.2) is 12.1 Å². The molecule has 0 radical (unpaired) electrons. The molecule has 1 saturated heterocycles. The number of aryl methyl sites for hydroxylation is 3. The molecule has 0 aliphatic carbocycles. The van der Waals surface area contributed by atoms with Gasteiger partial charge in [-0.3, -0.25) is 4.90 Å². The first kappa shape index (κ1) is 14.5. The molecule has 1 aromatic carbocycles. The van der Waals surface area contributed by atoms with Crippen LogP contribution >= 0.6 is 0 Å². The lowest BCUT2D eigenvalue weighted by molar-refractivity contribution is 0.231. The van der Waals surface area contributed by atoms with Crippen molar-refractivity contribution in [2.24, 2.45) is 5.73 Å². The quantitative estimate of drug-likeness (QED) is 0.880. The fraction of sp³-hybridized carbons (Fsp3) is 0.647. The third-order valence-corrected chi connectivity index (χ3v) is 4.44. The largest absolute Gasteiger partial charge is 0.330 e. The fourth-order valence-corrected chi connectivity index (χ4v) is 3.45. The van der Waals surface area contributed by atoms with Gasteiger partial charge < -0.3 is 5.73 Å². The van der Waals surface area contributed by atoms with Gasteiger partial charge in [0.2, 0.25) is 0 Å². The number of likely N-dealkylation sites (tertiary alicyclic amines) is 1. The Morgan fingerprint density at radius 1 is 1.21 bits per heavy atom. The van der Waals surface area contributed by atoms with Crippen molar-refractivity contribution < 1.29 is 0 Å². The van der Waals surface area contributed by atoms with Crippen LogP contribution in [-0.4, -0.2) is 24.0 Å². The highest BCUT2D eigenvalue weighted by molar-refractivity contribution is 5.37. The molecule has 19 heavy (non-hydrogen) atoms. The van der Waals surface area contributed by atoms with Gasteiger partial charge in [-0.15, -0.1) is 0 Å². The smallest absolute Gasteiger partial charge is 0.0241 e. The van der Waals surface area contributed by atoms with Crippen LogP contribution in [0.2, 0.25) is 0 Å². The topological polar surface area (TPSA) is 29.3 Å². The van der Waals surface area contributed by atoms with Gasteiger partial charge in [0.1, 0.15) is 0 Å². The Bertz CT molecular complexity index is 402. The van der Waals surface area contributed by atoms with Gasteiger partial charge in [0.15, 0.2) is 0 Å². The molecule has 1 unspecified atom stereocenters. The lowest BCUT2D eigenvalue weighted by Gasteiger charge is -2.26.